The van der Waals surface area contributed by atoms with Gasteiger partial charge in [0.2, 0.25) is 0 Å². The number of rotatable bonds is 1. The fourth-order valence-electron chi connectivity index (χ4n) is 4.00. The molecule has 1 aromatic rings. The molecule has 2 aliphatic rings. The van der Waals surface area contributed by atoms with Gasteiger partial charge in [-0.3, -0.25) is 4.90 Å². The number of fused-ring (bicyclic) bond motifs is 1. The average Bonchev–Trinajstić information content (AvgIpc) is 2.39. The minimum absolute atomic E-state index is 0.395. The molecule has 18 heavy (non-hydrogen) atoms. The first-order valence-corrected chi connectivity index (χ1v) is 7.26. The van der Waals surface area contributed by atoms with Crippen molar-refractivity contribution >= 4 is 0 Å². The molecule has 1 saturated heterocycles. The van der Waals surface area contributed by atoms with Gasteiger partial charge < -0.3 is 5.11 Å². The van der Waals surface area contributed by atoms with Crippen molar-refractivity contribution < 1.29 is 5.11 Å². The molecule has 1 aromatic carbocycles. The van der Waals surface area contributed by atoms with Gasteiger partial charge in [-0.1, -0.05) is 25.0 Å². The molecule has 3 atom stereocenters. The van der Waals surface area contributed by atoms with E-state index in [0.29, 0.717) is 11.8 Å². The number of hydrogen-bond donors (Lipinski definition) is 1. The van der Waals surface area contributed by atoms with Gasteiger partial charge in [0.1, 0.15) is 5.75 Å². The average molecular weight is 245 g/mol. The number of nitrogens with zero attached hydrogens (tertiary/aromatic N) is 1. The van der Waals surface area contributed by atoms with Gasteiger partial charge in [-0.25, -0.2) is 0 Å². The summed E-state index contributed by atoms with van der Waals surface area (Å²) in [6.07, 6.45) is 8.18. The summed E-state index contributed by atoms with van der Waals surface area (Å²) in [5, 5.41) is 9.64. The van der Waals surface area contributed by atoms with E-state index in [1.807, 2.05) is 12.1 Å². The standard InChI is InChI=1S/C16H23NO/c1-17-15-8-3-2-5-12(15)9-10-16(17)13-6-4-7-14(18)11-13/h4,6-7,11-12,15-16,18H,2-3,5,8-10H2,1H3/t12-,15-,16+/m0/s1. The summed E-state index contributed by atoms with van der Waals surface area (Å²) in [6.45, 7) is 0. The Morgan fingerprint density at radius 1 is 1.11 bits per heavy atom. The number of phenols is 1. The second-order valence-corrected chi connectivity index (χ2v) is 5.97. The Morgan fingerprint density at radius 2 is 1.94 bits per heavy atom. The first kappa shape index (κ1) is 12.0. The van der Waals surface area contributed by atoms with Crippen LogP contribution in [0.25, 0.3) is 0 Å². The van der Waals surface area contributed by atoms with Crippen LogP contribution < -0.4 is 0 Å². The predicted molar refractivity (Wildman–Crippen MR) is 73.6 cm³/mol. The van der Waals surface area contributed by atoms with Crippen LogP contribution >= 0.6 is 0 Å². The molecule has 1 heterocycles. The number of likely N-dealkylation sites (tertiary alicyclic amines) is 1. The van der Waals surface area contributed by atoms with Crippen LogP contribution in [0.3, 0.4) is 0 Å². The summed E-state index contributed by atoms with van der Waals surface area (Å²) < 4.78 is 0. The van der Waals surface area contributed by atoms with Crippen LogP contribution in [0, 0.1) is 5.92 Å². The molecule has 98 valence electrons. The Hall–Kier alpha value is -1.02. The summed E-state index contributed by atoms with van der Waals surface area (Å²) in [4.78, 5) is 2.57. The Balaban J connectivity index is 1.81. The maximum absolute atomic E-state index is 9.64. The summed E-state index contributed by atoms with van der Waals surface area (Å²) in [5.41, 5.74) is 1.28. The van der Waals surface area contributed by atoms with Gasteiger partial charge in [0.05, 0.1) is 0 Å². The number of benzene rings is 1. The van der Waals surface area contributed by atoms with Crippen molar-refractivity contribution in [3.8, 4) is 5.75 Å². The lowest BCUT2D eigenvalue weighted by Gasteiger charge is -2.47. The molecular formula is C16H23NO. The number of piperidine rings is 1. The first-order valence-electron chi connectivity index (χ1n) is 7.26. The SMILES string of the molecule is CN1[C@@H](c2cccc(O)c2)CC[C@@H]2CCCC[C@@H]21. The molecule has 2 nitrogen and oxygen atoms in total. The fourth-order valence-corrected chi connectivity index (χ4v) is 4.00. The van der Waals surface area contributed by atoms with Crippen molar-refractivity contribution in [2.24, 2.45) is 5.92 Å². The fraction of sp³-hybridized carbons (Fsp3) is 0.625. The van der Waals surface area contributed by atoms with Crippen molar-refractivity contribution in [1.82, 2.24) is 4.90 Å². The zero-order chi connectivity index (χ0) is 12.5. The van der Waals surface area contributed by atoms with Crippen LogP contribution in [0.2, 0.25) is 0 Å². The van der Waals surface area contributed by atoms with Gasteiger partial charge in [0.25, 0.3) is 0 Å². The van der Waals surface area contributed by atoms with Crippen LogP contribution in [0.1, 0.15) is 50.1 Å². The molecule has 2 heteroatoms. The maximum Gasteiger partial charge on any atom is 0.115 e. The lowest BCUT2D eigenvalue weighted by Crippen LogP contribution is -2.46. The lowest BCUT2D eigenvalue weighted by atomic mass is 9.75. The van der Waals surface area contributed by atoms with Crippen LogP contribution in [-0.2, 0) is 0 Å². The van der Waals surface area contributed by atoms with Crippen LogP contribution in [-0.4, -0.2) is 23.1 Å². The van der Waals surface area contributed by atoms with Crippen LogP contribution in [0.15, 0.2) is 24.3 Å². The summed E-state index contributed by atoms with van der Waals surface area (Å²) in [7, 11) is 2.27. The van der Waals surface area contributed by atoms with E-state index in [-0.39, 0.29) is 0 Å². The van der Waals surface area contributed by atoms with E-state index in [4.69, 9.17) is 0 Å². The van der Waals surface area contributed by atoms with E-state index in [9.17, 15) is 5.11 Å². The highest BCUT2D eigenvalue weighted by Crippen LogP contribution is 2.42. The Morgan fingerprint density at radius 3 is 2.78 bits per heavy atom. The zero-order valence-corrected chi connectivity index (χ0v) is 11.2. The second kappa shape index (κ2) is 4.93. The normalized spacial score (nSPS) is 33.1. The van der Waals surface area contributed by atoms with E-state index < -0.39 is 0 Å². The molecule has 1 aliphatic carbocycles. The lowest BCUT2D eigenvalue weighted by molar-refractivity contribution is 0.0363. The highest BCUT2D eigenvalue weighted by atomic mass is 16.3. The maximum atomic E-state index is 9.64. The third-order valence-electron chi connectivity index (χ3n) is 4.95. The minimum atomic E-state index is 0.395. The van der Waals surface area contributed by atoms with Gasteiger partial charge in [-0.2, -0.15) is 0 Å². The Bertz CT molecular complexity index is 417. The Kier molecular flexibility index (Phi) is 3.29. The summed E-state index contributed by atoms with van der Waals surface area (Å²) in [5.74, 6) is 1.31. The number of hydrogen-bond acceptors (Lipinski definition) is 2. The summed E-state index contributed by atoms with van der Waals surface area (Å²) in [6, 6.07) is 9.08. The highest BCUT2D eigenvalue weighted by Gasteiger charge is 2.36. The molecule has 0 radical (unpaired) electrons. The third kappa shape index (κ3) is 2.14. The monoisotopic (exact) mass is 245 g/mol. The molecule has 1 aliphatic heterocycles. The van der Waals surface area contributed by atoms with Crippen molar-refractivity contribution in [2.75, 3.05) is 7.05 Å². The van der Waals surface area contributed by atoms with Gasteiger partial charge in [0, 0.05) is 12.1 Å². The van der Waals surface area contributed by atoms with Crippen LogP contribution in [0.5, 0.6) is 5.75 Å². The summed E-state index contributed by atoms with van der Waals surface area (Å²) >= 11 is 0. The molecule has 1 N–H and O–H groups in total. The smallest absolute Gasteiger partial charge is 0.115 e. The van der Waals surface area contributed by atoms with E-state index >= 15 is 0 Å². The van der Waals surface area contributed by atoms with Gasteiger partial charge in [-0.15, -0.1) is 0 Å². The van der Waals surface area contributed by atoms with Crippen molar-refractivity contribution in [1.29, 1.82) is 0 Å². The van der Waals surface area contributed by atoms with E-state index in [2.05, 4.69) is 18.0 Å². The molecule has 0 bridgehead atoms. The third-order valence-corrected chi connectivity index (χ3v) is 4.95. The van der Waals surface area contributed by atoms with E-state index in [0.717, 1.165) is 12.0 Å². The Labute approximate surface area is 110 Å². The quantitative estimate of drug-likeness (QED) is 0.815. The van der Waals surface area contributed by atoms with Crippen LogP contribution in [0.4, 0.5) is 0 Å². The van der Waals surface area contributed by atoms with Crippen molar-refractivity contribution in [3.05, 3.63) is 29.8 Å². The minimum Gasteiger partial charge on any atom is -0.508 e. The molecule has 2 fully saturated rings. The van der Waals surface area contributed by atoms with Crippen molar-refractivity contribution in [2.45, 2.75) is 50.6 Å². The van der Waals surface area contributed by atoms with Gasteiger partial charge in [-0.05, 0) is 56.3 Å². The van der Waals surface area contributed by atoms with Crippen molar-refractivity contribution in [3.63, 3.8) is 0 Å². The molecule has 0 amide bonds. The molecule has 0 aromatic heterocycles. The molecule has 0 spiro atoms. The predicted octanol–water partition coefficient (Wildman–Crippen LogP) is 3.72. The zero-order valence-electron chi connectivity index (χ0n) is 11.2. The van der Waals surface area contributed by atoms with Gasteiger partial charge in [0.15, 0.2) is 0 Å². The largest absolute Gasteiger partial charge is 0.508 e. The molecular weight excluding hydrogens is 222 g/mol. The van der Waals surface area contributed by atoms with E-state index in [1.165, 1.54) is 44.1 Å². The molecule has 1 saturated carbocycles. The number of phenolic OH excluding ortho intramolecular Hbond substituents is 1. The van der Waals surface area contributed by atoms with Gasteiger partial charge >= 0.3 is 0 Å². The van der Waals surface area contributed by atoms with E-state index in [1.54, 1.807) is 6.07 Å². The highest BCUT2D eigenvalue weighted by molar-refractivity contribution is 5.29. The number of aromatic hydroxyl groups is 1. The topological polar surface area (TPSA) is 23.5 Å². The second-order valence-electron chi connectivity index (χ2n) is 5.97. The first-order chi connectivity index (χ1) is 8.75. The molecule has 3 rings (SSSR count). The molecule has 0 unspecified atom stereocenters.